The predicted molar refractivity (Wildman–Crippen MR) is 104 cm³/mol. The minimum Gasteiger partial charge on any atom is -0.386 e. The van der Waals surface area contributed by atoms with E-state index in [1.165, 1.54) is 28.2 Å². The predicted octanol–water partition coefficient (Wildman–Crippen LogP) is 4.53. The van der Waals surface area contributed by atoms with Crippen LogP contribution < -0.4 is 5.32 Å². The third-order valence-corrected chi connectivity index (χ3v) is 4.78. The molecule has 0 aliphatic heterocycles. The van der Waals surface area contributed by atoms with Crippen LogP contribution in [0.4, 0.5) is 10.1 Å². The van der Waals surface area contributed by atoms with Crippen molar-refractivity contribution in [3.63, 3.8) is 0 Å². The Morgan fingerprint density at radius 2 is 2.04 bits per heavy atom. The van der Waals surface area contributed by atoms with Crippen molar-refractivity contribution in [3.8, 4) is 6.07 Å². The van der Waals surface area contributed by atoms with Gasteiger partial charge in [-0.2, -0.15) is 5.26 Å². The summed E-state index contributed by atoms with van der Waals surface area (Å²) in [4.78, 5) is 21.2. The molecule has 0 unspecified atom stereocenters. The van der Waals surface area contributed by atoms with Gasteiger partial charge in [-0.25, -0.2) is 4.39 Å². The number of hydrogen-bond acceptors (Lipinski definition) is 5. The SMILES string of the molecule is C/C=C(\C#N)C(=O)c1cc2cc(F)c(NC)cc2n1SI.CC=O. The summed E-state index contributed by atoms with van der Waals surface area (Å²) in [5.41, 5.74) is 1.50. The maximum atomic E-state index is 13.8. The minimum absolute atomic E-state index is 0.0684. The van der Waals surface area contributed by atoms with E-state index in [4.69, 9.17) is 10.1 Å². The van der Waals surface area contributed by atoms with Crippen LogP contribution in [-0.2, 0) is 4.79 Å². The molecule has 0 saturated carbocycles. The van der Waals surface area contributed by atoms with Crippen molar-refractivity contribution >= 4 is 59.0 Å². The van der Waals surface area contributed by atoms with Crippen LogP contribution in [0.1, 0.15) is 24.3 Å². The Bertz CT molecular complexity index is 840. The van der Waals surface area contributed by atoms with Crippen molar-refractivity contribution in [1.82, 2.24) is 3.97 Å². The van der Waals surface area contributed by atoms with Crippen LogP contribution in [0.3, 0.4) is 0 Å². The van der Waals surface area contributed by atoms with Gasteiger partial charge in [0.1, 0.15) is 23.9 Å². The van der Waals surface area contributed by atoms with Crippen LogP contribution in [0.25, 0.3) is 10.9 Å². The fraction of sp³-hybridized carbons (Fsp3) is 0.188. The zero-order valence-corrected chi connectivity index (χ0v) is 16.2. The minimum atomic E-state index is -0.383. The quantitative estimate of drug-likeness (QED) is 0.239. The number of nitrogens with zero attached hydrogens (tertiary/aromatic N) is 2. The number of ketones is 1. The highest BCUT2D eigenvalue weighted by Gasteiger charge is 2.20. The van der Waals surface area contributed by atoms with Crippen molar-refractivity contribution in [2.45, 2.75) is 13.8 Å². The average Bonchev–Trinajstić information content (AvgIpc) is 2.92. The Kier molecular flexibility index (Phi) is 7.94. The molecule has 126 valence electrons. The maximum absolute atomic E-state index is 13.8. The van der Waals surface area contributed by atoms with Crippen molar-refractivity contribution in [2.24, 2.45) is 0 Å². The Labute approximate surface area is 155 Å². The van der Waals surface area contributed by atoms with Gasteiger partial charge in [0.05, 0.1) is 16.8 Å². The fourth-order valence-corrected chi connectivity index (χ4v) is 3.73. The zero-order valence-electron chi connectivity index (χ0n) is 13.3. The second-order valence-corrected chi connectivity index (χ2v) is 6.10. The third-order valence-electron chi connectivity index (χ3n) is 3.07. The molecule has 0 fully saturated rings. The number of allylic oxidation sites excluding steroid dienone is 2. The van der Waals surface area contributed by atoms with Gasteiger partial charge in [-0.15, -0.1) is 0 Å². The Morgan fingerprint density at radius 1 is 1.42 bits per heavy atom. The van der Waals surface area contributed by atoms with Gasteiger partial charge in [0.15, 0.2) is 0 Å². The van der Waals surface area contributed by atoms with E-state index < -0.39 is 0 Å². The van der Waals surface area contributed by atoms with Gasteiger partial charge in [0.25, 0.3) is 0 Å². The number of benzene rings is 1. The molecule has 24 heavy (non-hydrogen) atoms. The zero-order chi connectivity index (χ0) is 18.3. The maximum Gasteiger partial charge on any atom is 0.220 e. The molecule has 1 heterocycles. The summed E-state index contributed by atoms with van der Waals surface area (Å²) in [6.07, 6.45) is 2.22. The first-order valence-corrected chi connectivity index (χ1v) is 10.1. The largest absolute Gasteiger partial charge is 0.386 e. The van der Waals surface area contributed by atoms with Crippen molar-refractivity contribution < 1.29 is 14.0 Å². The summed E-state index contributed by atoms with van der Waals surface area (Å²) in [5.74, 6) is -0.752. The molecule has 1 N–H and O–H groups in total. The molecule has 0 atom stereocenters. The lowest BCUT2D eigenvalue weighted by atomic mass is 10.1. The van der Waals surface area contributed by atoms with Gasteiger partial charge in [0, 0.05) is 42.8 Å². The standard InChI is InChI=1S/C14H11FIN3OS.C2H4O/c1-3-8(7-17)14(20)13-5-9-4-10(15)11(18-2)6-12(9)19(13)21-16;1-2-3/h3-6,18H,1-2H3;2H,1H3/b8-3+;. The second kappa shape index (κ2) is 9.44. The molecule has 1 aromatic heterocycles. The molecular weight excluding hydrogens is 444 g/mol. The van der Waals surface area contributed by atoms with E-state index in [0.717, 1.165) is 11.8 Å². The molecule has 0 amide bonds. The van der Waals surface area contributed by atoms with Gasteiger partial charge < -0.3 is 10.1 Å². The summed E-state index contributed by atoms with van der Waals surface area (Å²) < 4.78 is 15.5. The van der Waals surface area contributed by atoms with E-state index >= 15 is 0 Å². The molecule has 2 rings (SSSR count). The topological polar surface area (TPSA) is 74.9 Å². The molecule has 8 heteroatoms. The van der Waals surface area contributed by atoms with Crippen molar-refractivity contribution in [1.29, 1.82) is 5.26 Å². The van der Waals surface area contributed by atoms with Crippen LogP contribution in [0.5, 0.6) is 0 Å². The number of hydrogen-bond donors (Lipinski definition) is 1. The van der Waals surface area contributed by atoms with Gasteiger partial charge >= 0.3 is 0 Å². The lowest BCUT2D eigenvalue weighted by molar-refractivity contribution is -0.106. The molecule has 5 nitrogen and oxygen atoms in total. The monoisotopic (exact) mass is 459 g/mol. The Hall–Kier alpha value is -1.86. The van der Waals surface area contributed by atoms with Crippen LogP contribution in [0.15, 0.2) is 29.8 Å². The first kappa shape index (κ1) is 20.2. The van der Waals surface area contributed by atoms with Crippen LogP contribution in [0, 0.1) is 17.1 Å². The highest BCUT2D eigenvalue weighted by atomic mass is 127. The molecule has 1 aromatic carbocycles. The van der Waals surface area contributed by atoms with Gasteiger partial charge in [-0.05, 0) is 32.0 Å². The van der Waals surface area contributed by atoms with E-state index in [1.54, 1.807) is 30.1 Å². The molecule has 0 radical (unpaired) electrons. The average molecular weight is 459 g/mol. The normalized spacial score (nSPS) is 10.6. The van der Waals surface area contributed by atoms with E-state index in [1.807, 2.05) is 27.3 Å². The molecule has 0 spiro atoms. The molecule has 0 aliphatic carbocycles. The lowest BCUT2D eigenvalue weighted by Gasteiger charge is -2.06. The second-order valence-electron chi connectivity index (χ2n) is 4.41. The number of Topliss-reactive ketones (excluding diaryl/α,β-unsaturated/α-hetero) is 1. The number of rotatable bonds is 4. The number of nitrogens with one attached hydrogen (secondary N) is 1. The summed E-state index contributed by atoms with van der Waals surface area (Å²) in [7, 11) is 2.94. The number of aldehydes is 1. The van der Waals surface area contributed by atoms with Gasteiger partial charge in [0.2, 0.25) is 5.78 Å². The van der Waals surface area contributed by atoms with Gasteiger partial charge in [-0.1, -0.05) is 6.08 Å². The number of fused-ring (bicyclic) bond motifs is 1. The number of nitriles is 1. The van der Waals surface area contributed by atoms with E-state index in [2.05, 4.69) is 5.32 Å². The highest BCUT2D eigenvalue weighted by molar-refractivity contribution is 14.2. The van der Waals surface area contributed by atoms with Crippen LogP contribution >= 0.6 is 30.3 Å². The van der Waals surface area contributed by atoms with E-state index in [0.29, 0.717) is 16.8 Å². The van der Waals surface area contributed by atoms with Crippen LogP contribution in [-0.4, -0.2) is 23.1 Å². The number of carbonyl (C=O) groups excluding carboxylic acids is 2. The summed E-state index contributed by atoms with van der Waals surface area (Å²) in [6.45, 7) is 3.08. The lowest BCUT2D eigenvalue weighted by Crippen LogP contribution is -2.06. The Balaban J connectivity index is 0.000000891. The third kappa shape index (κ3) is 4.15. The van der Waals surface area contributed by atoms with Crippen molar-refractivity contribution in [2.75, 3.05) is 12.4 Å². The molecular formula is C16H15FIN3O2S. The Morgan fingerprint density at radius 3 is 2.50 bits per heavy atom. The molecule has 0 aliphatic rings. The summed E-state index contributed by atoms with van der Waals surface area (Å²) in [5, 5.41) is 12.4. The van der Waals surface area contributed by atoms with E-state index in [-0.39, 0.29) is 17.2 Å². The molecule has 0 bridgehead atoms. The highest BCUT2D eigenvalue weighted by Crippen LogP contribution is 2.32. The number of aromatic nitrogens is 1. The van der Waals surface area contributed by atoms with E-state index in [9.17, 15) is 9.18 Å². The summed E-state index contributed by atoms with van der Waals surface area (Å²) in [6, 6.07) is 6.51. The van der Waals surface area contributed by atoms with Gasteiger partial charge in [-0.3, -0.25) is 8.77 Å². The number of carbonyl (C=O) groups is 2. The fourth-order valence-electron chi connectivity index (χ4n) is 2.01. The first-order chi connectivity index (χ1) is 11.5. The number of halogens is 2. The van der Waals surface area contributed by atoms with Crippen molar-refractivity contribution in [3.05, 3.63) is 41.4 Å². The molecule has 0 saturated heterocycles. The van der Waals surface area contributed by atoms with Crippen LogP contribution in [0.2, 0.25) is 0 Å². The summed E-state index contributed by atoms with van der Waals surface area (Å²) >= 11 is 2.05. The molecule has 2 aromatic rings. The number of anilines is 1. The smallest absolute Gasteiger partial charge is 0.220 e. The first-order valence-electron chi connectivity index (χ1n) is 6.81.